The first kappa shape index (κ1) is 18.7. The molecule has 2 aliphatic rings. The lowest BCUT2D eigenvalue weighted by Crippen LogP contribution is -2.41. The van der Waals surface area contributed by atoms with Crippen LogP contribution < -0.4 is 16.4 Å². The number of carbonyl (C=O) groups excluding carboxylic acids is 1. The molecule has 3 N–H and O–H groups in total. The number of nitrogens with zero attached hydrogens (tertiary/aromatic N) is 2. The molecule has 0 spiro atoms. The summed E-state index contributed by atoms with van der Waals surface area (Å²) in [5, 5.41) is 9.42. The van der Waals surface area contributed by atoms with Crippen molar-refractivity contribution in [3.05, 3.63) is 35.4 Å². The molecule has 0 saturated heterocycles. The van der Waals surface area contributed by atoms with Gasteiger partial charge < -0.3 is 5.32 Å². The molecular formula is C20H31N5O. The number of nitrogens with one attached hydrogen (secondary N) is 3. The van der Waals surface area contributed by atoms with Crippen molar-refractivity contribution in [3.63, 3.8) is 0 Å². The van der Waals surface area contributed by atoms with E-state index in [1.807, 2.05) is 29.3 Å². The van der Waals surface area contributed by atoms with E-state index in [2.05, 4.69) is 42.3 Å². The number of amides is 1. The lowest BCUT2D eigenvalue weighted by Gasteiger charge is -2.27. The topological polar surface area (TPSA) is 68.8 Å². The minimum Gasteiger partial charge on any atom is -0.352 e. The zero-order valence-corrected chi connectivity index (χ0v) is 16.1. The Labute approximate surface area is 156 Å². The van der Waals surface area contributed by atoms with Gasteiger partial charge >= 0.3 is 0 Å². The quantitative estimate of drug-likeness (QED) is 0.702. The zero-order chi connectivity index (χ0) is 18.6. The van der Waals surface area contributed by atoms with Crippen LogP contribution in [0.2, 0.25) is 0 Å². The molecule has 1 aliphatic heterocycles. The van der Waals surface area contributed by atoms with Gasteiger partial charge in [0.25, 0.3) is 5.91 Å². The minimum absolute atomic E-state index is 0.00620. The van der Waals surface area contributed by atoms with Gasteiger partial charge in [0.05, 0.1) is 0 Å². The van der Waals surface area contributed by atoms with E-state index in [4.69, 9.17) is 0 Å². The average molecular weight is 358 g/mol. The first-order valence-electron chi connectivity index (χ1n) is 9.76. The second kappa shape index (κ2) is 8.08. The lowest BCUT2D eigenvalue weighted by molar-refractivity contribution is 0.0937. The number of hydrazine groups is 2. The van der Waals surface area contributed by atoms with E-state index in [9.17, 15) is 4.79 Å². The number of unbranched alkanes of at least 4 members (excludes halogenated alkanes) is 1. The van der Waals surface area contributed by atoms with Gasteiger partial charge in [-0.25, -0.2) is 5.53 Å². The first-order valence-corrected chi connectivity index (χ1v) is 9.76. The third kappa shape index (κ3) is 4.18. The lowest BCUT2D eigenvalue weighted by atomic mass is 9.82. The van der Waals surface area contributed by atoms with E-state index < -0.39 is 0 Å². The van der Waals surface area contributed by atoms with Crippen molar-refractivity contribution in [3.8, 4) is 0 Å². The summed E-state index contributed by atoms with van der Waals surface area (Å²) in [5.74, 6) is 1.44. The molecule has 1 unspecified atom stereocenters. The van der Waals surface area contributed by atoms with Gasteiger partial charge in [-0.3, -0.25) is 9.80 Å². The van der Waals surface area contributed by atoms with Crippen LogP contribution in [0.5, 0.6) is 0 Å². The van der Waals surface area contributed by atoms with Gasteiger partial charge in [-0.15, -0.1) is 10.6 Å². The van der Waals surface area contributed by atoms with E-state index >= 15 is 0 Å². The summed E-state index contributed by atoms with van der Waals surface area (Å²) in [4.78, 5) is 12.5. The van der Waals surface area contributed by atoms with E-state index in [1.54, 1.807) is 0 Å². The third-order valence-corrected chi connectivity index (χ3v) is 5.73. The summed E-state index contributed by atoms with van der Waals surface area (Å²) in [6.07, 6.45) is 5.94. The fraction of sp³-hybridized carbons (Fsp3) is 0.600. The molecule has 26 heavy (non-hydrogen) atoms. The van der Waals surface area contributed by atoms with Gasteiger partial charge in [0.2, 0.25) is 0 Å². The fourth-order valence-corrected chi connectivity index (χ4v) is 3.82. The van der Waals surface area contributed by atoms with Crippen molar-refractivity contribution in [1.82, 2.24) is 21.4 Å². The summed E-state index contributed by atoms with van der Waals surface area (Å²) in [6.45, 7) is 8.43. The molecule has 1 atom stereocenters. The van der Waals surface area contributed by atoms with Gasteiger partial charge in [-0.05, 0) is 42.7 Å². The Bertz CT molecular complexity index is 653. The standard InChI is InChI=1S/C20H31N5O/c1-4-5-13-25-18(22-23-24-25)15-8-10-16(11-9-15)19(26)21-14-17-7-6-12-20(17,2)3/h8-11,17,23-24H,4-7,12-14H2,1-3H3,(H,21,26). The molecule has 1 aliphatic carbocycles. The van der Waals surface area contributed by atoms with Crippen LogP contribution in [-0.4, -0.2) is 29.8 Å². The van der Waals surface area contributed by atoms with Crippen molar-refractivity contribution in [2.45, 2.75) is 52.9 Å². The number of rotatable bonds is 7. The van der Waals surface area contributed by atoms with Crippen molar-refractivity contribution < 1.29 is 4.79 Å². The fourth-order valence-electron chi connectivity index (χ4n) is 3.82. The van der Waals surface area contributed by atoms with Gasteiger partial charge in [-0.1, -0.05) is 45.7 Å². The summed E-state index contributed by atoms with van der Waals surface area (Å²) in [6, 6.07) is 7.67. The second-order valence-corrected chi connectivity index (χ2v) is 8.03. The molecule has 3 rings (SSSR count). The predicted molar refractivity (Wildman–Crippen MR) is 104 cm³/mol. The highest BCUT2D eigenvalue weighted by Crippen LogP contribution is 2.42. The Morgan fingerprint density at radius 2 is 2.12 bits per heavy atom. The summed E-state index contributed by atoms with van der Waals surface area (Å²) in [7, 11) is 0. The second-order valence-electron chi connectivity index (χ2n) is 8.03. The van der Waals surface area contributed by atoms with Crippen molar-refractivity contribution in [1.29, 1.82) is 0 Å². The first-order chi connectivity index (χ1) is 12.5. The smallest absolute Gasteiger partial charge is 0.251 e. The summed E-state index contributed by atoms with van der Waals surface area (Å²) >= 11 is 0. The Hall–Kier alpha value is -2.08. The van der Waals surface area contributed by atoms with Crippen molar-refractivity contribution in [2.24, 2.45) is 16.4 Å². The molecule has 1 fully saturated rings. The molecule has 0 aromatic heterocycles. The van der Waals surface area contributed by atoms with Crippen LogP contribution >= 0.6 is 0 Å². The van der Waals surface area contributed by atoms with Crippen LogP contribution in [0.15, 0.2) is 29.4 Å². The largest absolute Gasteiger partial charge is 0.352 e. The van der Waals surface area contributed by atoms with Crippen LogP contribution in [0.25, 0.3) is 0 Å². The Balaban J connectivity index is 1.58. The Kier molecular flexibility index (Phi) is 5.81. The Morgan fingerprint density at radius 1 is 1.35 bits per heavy atom. The van der Waals surface area contributed by atoms with Gasteiger partial charge in [-0.2, -0.15) is 0 Å². The molecule has 0 bridgehead atoms. The van der Waals surface area contributed by atoms with Crippen LogP contribution in [0, 0.1) is 11.3 Å². The van der Waals surface area contributed by atoms with Crippen LogP contribution in [0.4, 0.5) is 0 Å². The highest BCUT2D eigenvalue weighted by atomic mass is 16.1. The number of hydrogen-bond donors (Lipinski definition) is 3. The van der Waals surface area contributed by atoms with Crippen LogP contribution in [0.1, 0.15) is 68.8 Å². The SMILES string of the molecule is CCCCN1NNN=C1c1ccc(C(=O)NCC2CCCC2(C)C)cc1. The number of hydrogen-bond acceptors (Lipinski definition) is 5. The molecular weight excluding hydrogens is 326 g/mol. The summed E-state index contributed by atoms with van der Waals surface area (Å²) in [5.41, 5.74) is 7.87. The number of amidine groups is 1. The molecule has 6 heteroatoms. The highest BCUT2D eigenvalue weighted by Gasteiger charge is 2.34. The summed E-state index contributed by atoms with van der Waals surface area (Å²) < 4.78 is 0. The normalized spacial score (nSPS) is 21.4. The monoisotopic (exact) mass is 357 g/mol. The van der Waals surface area contributed by atoms with Gasteiger partial charge in [0.15, 0.2) is 5.84 Å². The maximum absolute atomic E-state index is 12.5. The molecule has 1 aromatic carbocycles. The van der Waals surface area contributed by atoms with Crippen LogP contribution in [-0.2, 0) is 0 Å². The number of benzene rings is 1. The van der Waals surface area contributed by atoms with E-state index in [-0.39, 0.29) is 5.91 Å². The molecule has 1 amide bonds. The zero-order valence-electron chi connectivity index (χ0n) is 16.1. The average Bonchev–Trinajstić information content (AvgIpc) is 3.23. The van der Waals surface area contributed by atoms with Crippen molar-refractivity contribution >= 4 is 11.7 Å². The molecule has 142 valence electrons. The van der Waals surface area contributed by atoms with E-state index in [0.29, 0.717) is 16.9 Å². The van der Waals surface area contributed by atoms with Gasteiger partial charge in [0, 0.05) is 24.2 Å². The maximum atomic E-state index is 12.5. The molecule has 1 heterocycles. The van der Waals surface area contributed by atoms with Crippen molar-refractivity contribution in [2.75, 3.05) is 13.1 Å². The van der Waals surface area contributed by atoms with Crippen LogP contribution in [0.3, 0.4) is 0 Å². The molecule has 1 saturated carbocycles. The molecule has 0 radical (unpaired) electrons. The third-order valence-electron chi connectivity index (χ3n) is 5.73. The predicted octanol–water partition coefficient (Wildman–Crippen LogP) is 3.03. The van der Waals surface area contributed by atoms with Gasteiger partial charge in [0.1, 0.15) is 0 Å². The minimum atomic E-state index is 0.00620. The molecule has 1 aromatic rings. The van der Waals surface area contributed by atoms with E-state index in [1.165, 1.54) is 19.3 Å². The number of hydrazone groups is 1. The van der Waals surface area contributed by atoms with E-state index in [0.717, 1.165) is 37.3 Å². The highest BCUT2D eigenvalue weighted by molar-refractivity contribution is 6.00. The Morgan fingerprint density at radius 3 is 2.77 bits per heavy atom. The number of carbonyl (C=O) groups is 1. The molecule has 6 nitrogen and oxygen atoms in total. The maximum Gasteiger partial charge on any atom is 0.251 e.